The summed E-state index contributed by atoms with van der Waals surface area (Å²) < 4.78 is 1.93. The molecule has 1 atom stereocenters. The van der Waals surface area contributed by atoms with Gasteiger partial charge in [-0.05, 0) is 18.6 Å². The Labute approximate surface area is 116 Å². The number of aromatic nitrogens is 3. The fraction of sp³-hybridized carbons (Fsp3) is 0.308. The summed E-state index contributed by atoms with van der Waals surface area (Å²) in [6.07, 6.45) is 7.62. The van der Waals surface area contributed by atoms with E-state index in [9.17, 15) is 4.79 Å². The number of halogens is 1. The van der Waals surface area contributed by atoms with Crippen molar-refractivity contribution >= 4 is 17.5 Å². The Kier molecular flexibility index (Phi) is 4.52. The van der Waals surface area contributed by atoms with E-state index in [0.29, 0.717) is 17.3 Å². The zero-order valence-electron chi connectivity index (χ0n) is 10.6. The SMILES string of the molecule is CC[C@@H](Cn1ccnc1)NC(=O)c1ccc(Cl)cn1. The molecule has 0 bridgehead atoms. The van der Waals surface area contributed by atoms with Gasteiger partial charge >= 0.3 is 0 Å². The number of carbonyl (C=O) groups excluding carboxylic acids is 1. The zero-order chi connectivity index (χ0) is 13.7. The van der Waals surface area contributed by atoms with Gasteiger partial charge in [-0.2, -0.15) is 0 Å². The van der Waals surface area contributed by atoms with Gasteiger partial charge in [-0.15, -0.1) is 0 Å². The summed E-state index contributed by atoms with van der Waals surface area (Å²) in [6, 6.07) is 3.31. The van der Waals surface area contributed by atoms with Gasteiger partial charge in [-0.25, -0.2) is 9.97 Å². The minimum atomic E-state index is -0.191. The van der Waals surface area contributed by atoms with Crippen LogP contribution in [0.2, 0.25) is 5.02 Å². The fourth-order valence-electron chi connectivity index (χ4n) is 1.70. The van der Waals surface area contributed by atoms with Crippen LogP contribution in [0.15, 0.2) is 37.1 Å². The third-order valence-corrected chi connectivity index (χ3v) is 3.00. The molecule has 2 aromatic rings. The molecule has 2 aromatic heterocycles. The van der Waals surface area contributed by atoms with Crippen LogP contribution in [0.1, 0.15) is 23.8 Å². The van der Waals surface area contributed by atoms with Crippen LogP contribution in [0.3, 0.4) is 0 Å². The first kappa shape index (κ1) is 13.5. The van der Waals surface area contributed by atoms with Gasteiger partial charge in [0.05, 0.1) is 11.3 Å². The Morgan fingerprint density at radius 3 is 2.95 bits per heavy atom. The van der Waals surface area contributed by atoms with Crippen molar-refractivity contribution in [1.82, 2.24) is 19.9 Å². The molecule has 0 saturated carbocycles. The highest BCUT2D eigenvalue weighted by atomic mass is 35.5. The lowest BCUT2D eigenvalue weighted by atomic mass is 10.2. The molecule has 0 radical (unpaired) electrons. The average molecular weight is 279 g/mol. The maximum Gasteiger partial charge on any atom is 0.270 e. The Balaban J connectivity index is 1.98. The number of hydrogen-bond acceptors (Lipinski definition) is 3. The Morgan fingerprint density at radius 2 is 2.37 bits per heavy atom. The van der Waals surface area contributed by atoms with E-state index in [2.05, 4.69) is 15.3 Å². The molecule has 0 aliphatic heterocycles. The molecule has 0 spiro atoms. The van der Waals surface area contributed by atoms with Gasteiger partial charge in [0.15, 0.2) is 0 Å². The van der Waals surface area contributed by atoms with Crippen LogP contribution < -0.4 is 5.32 Å². The molecule has 0 aliphatic rings. The minimum absolute atomic E-state index is 0.0409. The lowest BCUT2D eigenvalue weighted by Crippen LogP contribution is -2.37. The fourth-order valence-corrected chi connectivity index (χ4v) is 1.81. The third-order valence-electron chi connectivity index (χ3n) is 2.78. The second kappa shape index (κ2) is 6.33. The molecule has 19 heavy (non-hydrogen) atoms. The highest BCUT2D eigenvalue weighted by Crippen LogP contribution is 2.07. The lowest BCUT2D eigenvalue weighted by molar-refractivity contribution is 0.0927. The normalized spacial score (nSPS) is 12.1. The van der Waals surface area contributed by atoms with Gasteiger partial charge < -0.3 is 9.88 Å². The molecule has 0 aliphatic carbocycles. The first-order valence-corrected chi connectivity index (χ1v) is 6.45. The summed E-state index contributed by atoms with van der Waals surface area (Å²) in [4.78, 5) is 20.0. The van der Waals surface area contributed by atoms with Gasteiger partial charge in [0.2, 0.25) is 0 Å². The zero-order valence-corrected chi connectivity index (χ0v) is 11.3. The van der Waals surface area contributed by atoms with Crippen molar-refractivity contribution < 1.29 is 4.79 Å². The number of pyridine rings is 1. The van der Waals surface area contributed by atoms with E-state index < -0.39 is 0 Å². The smallest absolute Gasteiger partial charge is 0.270 e. The van der Waals surface area contributed by atoms with Crippen molar-refractivity contribution in [2.75, 3.05) is 0 Å². The Hall–Kier alpha value is -1.88. The quantitative estimate of drug-likeness (QED) is 0.911. The summed E-state index contributed by atoms with van der Waals surface area (Å²) in [5, 5.41) is 3.46. The molecule has 0 unspecified atom stereocenters. The van der Waals surface area contributed by atoms with Gasteiger partial charge in [0.25, 0.3) is 5.91 Å². The summed E-state index contributed by atoms with van der Waals surface area (Å²) in [5.41, 5.74) is 0.369. The molecule has 0 aromatic carbocycles. The van der Waals surface area contributed by atoms with Crippen molar-refractivity contribution in [1.29, 1.82) is 0 Å². The molecule has 2 rings (SSSR count). The summed E-state index contributed by atoms with van der Waals surface area (Å²) in [7, 11) is 0. The van der Waals surface area contributed by atoms with Crippen molar-refractivity contribution in [3.8, 4) is 0 Å². The Bertz CT molecular complexity index is 524. The van der Waals surface area contributed by atoms with Crippen molar-refractivity contribution in [2.45, 2.75) is 25.9 Å². The predicted octanol–water partition coefficient (Wildman–Crippen LogP) is 2.14. The third kappa shape index (κ3) is 3.79. The second-order valence-corrected chi connectivity index (χ2v) is 4.64. The molecule has 6 heteroatoms. The van der Waals surface area contributed by atoms with Crippen molar-refractivity contribution in [3.63, 3.8) is 0 Å². The number of nitrogens with zero attached hydrogens (tertiary/aromatic N) is 3. The van der Waals surface area contributed by atoms with Crippen molar-refractivity contribution in [2.24, 2.45) is 0 Å². The van der Waals surface area contributed by atoms with Gasteiger partial charge in [-0.1, -0.05) is 18.5 Å². The highest BCUT2D eigenvalue weighted by molar-refractivity contribution is 6.30. The van der Waals surface area contributed by atoms with E-state index in [0.717, 1.165) is 6.42 Å². The summed E-state index contributed by atoms with van der Waals surface area (Å²) >= 11 is 5.74. The molecule has 100 valence electrons. The number of carbonyl (C=O) groups is 1. The van der Waals surface area contributed by atoms with E-state index in [1.807, 2.05) is 17.7 Å². The monoisotopic (exact) mass is 278 g/mol. The average Bonchev–Trinajstić information content (AvgIpc) is 2.91. The van der Waals surface area contributed by atoms with E-state index >= 15 is 0 Å². The number of hydrogen-bond donors (Lipinski definition) is 1. The van der Waals surface area contributed by atoms with Crippen LogP contribution in [0.5, 0.6) is 0 Å². The minimum Gasteiger partial charge on any atom is -0.346 e. The van der Waals surface area contributed by atoms with Gasteiger partial charge in [0.1, 0.15) is 5.69 Å². The Morgan fingerprint density at radius 1 is 1.53 bits per heavy atom. The lowest BCUT2D eigenvalue weighted by Gasteiger charge is -2.17. The van der Waals surface area contributed by atoms with E-state index in [-0.39, 0.29) is 11.9 Å². The van der Waals surface area contributed by atoms with Crippen LogP contribution in [0.25, 0.3) is 0 Å². The summed E-state index contributed by atoms with van der Waals surface area (Å²) in [5.74, 6) is -0.191. The van der Waals surface area contributed by atoms with E-state index in [4.69, 9.17) is 11.6 Å². The molecular formula is C13H15ClN4O. The molecular weight excluding hydrogens is 264 g/mol. The number of rotatable bonds is 5. The van der Waals surface area contributed by atoms with Crippen LogP contribution in [0.4, 0.5) is 0 Å². The number of amides is 1. The standard InChI is InChI=1S/C13H15ClN4O/c1-2-11(8-18-6-5-15-9-18)17-13(19)12-4-3-10(14)7-16-12/h3-7,9,11H,2,8H2,1H3,(H,17,19)/t11-/m0/s1. The number of nitrogens with one attached hydrogen (secondary N) is 1. The van der Waals surface area contributed by atoms with Crippen LogP contribution in [0, 0.1) is 0 Å². The predicted molar refractivity (Wildman–Crippen MR) is 73.0 cm³/mol. The maximum absolute atomic E-state index is 12.0. The molecule has 0 saturated heterocycles. The van der Waals surface area contributed by atoms with Gasteiger partial charge in [-0.3, -0.25) is 4.79 Å². The first-order valence-electron chi connectivity index (χ1n) is 6.07. The van der Waals surface area contributed by atoms with Crippen LogP contribution in [-0.2, 0) is 6.54 Å². The topological polar surface area (TPSA) is 59.8 Å². The molecule has 1 N–H and O–H groups in total. The van der Waals surface area contributed by atoms with E-state index in [1.54, 1.807) is 24.7 Å². The maximum atomic E-state index is 12.0. The first-order chi connectivity index (χ1) is 9.19. The molecule has 1 amide bonds. The summed E-state index contributed by atoms with van der Waals surface area (Å²) in [6.45, 7) is 2.72. The van der Waals surface area contributed by atoms with Crippen molar-refractivity contribution in [3.05, 3.63) is 47.8 Å². The molecule has 0 fully saturated rings. The van der Waals surface area contributed by atoms with Gasteiger partial charge in [0, 0.05) is 31.2 Å². The highest BCUT2D eigenvalue weighted by Gasteiger charge is 2.13. The molecule has 5 nitrogen and oxygen atoms in total. The second-order valence-electron chi connectivity index (χ2n) is 4.20. The molecule has 2 heterocycles. The van der Waals surface area contributed by atoms with E-state index in [1.165, 1.54) is 6.20 Å². The van der Waals surface area contributed by atoms with Crippen LogP contribution in [-0.4, -0.2) is 26.5 Å². The largest absolute Gasteiger partial charge is 0.346 e. The van der Waals surface area contributed by atoms with Crippen LogP contribution >= 0.6 is 11.6 Å². The number of imidazole rings is 1.